The van der Waals surface area contributed by atoms with Crippen LogP contribution in [0.5, 0.6) is 0 Å². The molecule has 2 rings (SSSR count). The van der Waals surface area contributed by atoms with Crippen molar-refractivity contribution in [2.45, 2.75) is 20.3 Å². The predicted octanol–water partition coefficient (Wildman–Crippen LogP) is 3.73. The largest absolute Gasteiger partial charge is 0.294 e. The van der Waals surface area contributed by atoms with Crippen molar-refractivity contribution >= 4 is 23.2 Å². The van der Waals surface area contributed by atoms with Gasteiger partial charge in [-0.05, 0) is 43.7 Å². The summed E-state index contributed by atoms with van der Waals surface area (Å²) in [6, 6.07) is 8.45. The van der Waals surface area contributed by atoms with Crippen LogP contribution < -0.4 is 0 Å². The molecule has 1 aromatic carbocycles. The van der Waals surface area contributed by atoms with Crippen molar-refractivity contribution in [2.24, 2.45) is 0 Å². The highest BCUT2D eigenvalue weighted by atomic mass is 35.5. The average Bonchev–Trinajstić information content (AvgIpc) is 2.50. The molecule has 0 radical (unpaired) electrons. The van der Waals surface area contributed by atoms with Crippen molar-refractivity contribution in [3.8, 4) is 11.8 Å². The number of nitrogens with zero attached hydrogens (tertiary/aromatic N) is 1. The van der Waals surface area contributed by atoms with Crippen LogP contribution in [-0.2, 0) is 6.42 Å². The molecule has 0 saturated heterocycles. The molecule has 0 unspecified atom stereocenters. The second-order valence-corrected chi connectivity index (χ2v) is 5.18. The lowest BCUT2D eigenvalue weighted by Gasteiger charge is -2.05. The Kier molecular flexibility index (Phi) is 5.08. The molecule has 3 nitrogen and oxygen atoms in total. The number of carbonyl (C=O) groups is 2. The molecule has 1 aromatic heterocycles. The lowest BCUT2D eigenvalue weighted by atomic mass is 10.0. The fourth-order valence-corrected chi connectivity index (χ4v) is 2.26. The van der Waals surface area contributed by atoms with E-state index >= 15 is 0 Å². The Bertz CT molecular complexity index is 783. The summed E-state index contributed by atoms with van der Waals surface area (Å²) in [6.45, 7) is 3.19. The quantitative estimate of drug-likeness (QED) is 0.638. The molecule has 0 aliphatic carbocycles. The van der Waals surface area contributed by atoms with E-state index in [0.717, 1.165) is 11.1 Å². The van der Waals surface area contributed by atoms with E-state index in [2.05, 4.69) is 16.8 Å². The summed E-state index contributed by atoms with van der Waals surface area (Å²) in [5.41, 5.74) is 2.30. The third kappa shape index (κ3) is 3.81. The number of hydrogen-bond donors (Lipinski definition) is 0. The molecule has 0 N–H and O–H groups in total. The highest BCUT2D eigenvalue weighted by Crippen LogP contribution is 2.19. The van der Waals surface area contributed by atoms with E-state index in [0.29, 0.717) is 16.3 Å². The van der Waals surface area contributed by atoms with Gasteiger partial charge in [0.25, 0.3) is 0 Å². The smallest absolute Gasteiger partial charge is 0.185 e. The summed E-state index contributed by atoms with van der Waals surface area (Å²) in [5, 5.41) is 0.393. The van der Waals surface area contributed by atoms with E-state index in [1.165, 1.54) is 6.92 Å². The third-order valence-corrected chi connectivity index (χ3v) is 3.42. The molecule has 4 heteroatoms. The van der Waals surface area contributed by atoms with Crippen molar-refractivity contribution in [3.63, 3.8) is 0 Å². The number of hydrogen-bond acceptors (Lipinski definition) is 3. The van der Waals surface area contributed by atoms with Gasteiger partial charge in [0.05, 0.1) is 5.02 Å². The number of rotatable bonds is 4. The third-order valence-electron chi connectivity index (χ3n) is 3.09. The molecular weight excluding hydrogens is 298 g/mol. The lowest BCUT2D eigenvalue weighted by molar-refractivity contribution is 0.0983. The summed E-state index contributed by atoms with van der Waals surface area (Å²) in [6.07, 6.45) is 1.75. The maximum atomic E-state index is 12.2. The van der Waals surface area contributed by atoms with Crippen LogP contribution >= 0.6 is 11.6 Å². The van der Waals surface area contributed by atoms with Crippen LogP contribution in [0.1, 0.15) is 45.8 Å². The summed E-state index contributed by atoms with van der Waals surface area (Å²) in [4.78, 5) is 27.8. The highest BCUT2D eigenvalue weighted by molar-refractivity contribution is 6.33. The minimum Gasteiger partial charge on any atom is -0.294 e. The Hall–Kier alpha value is -2.44. The summed E-state index contributed by atoms with van der Waals surface area (Å²) in [7, 11) is 0. The molecule has 1 heterocycles. The predicted molar refractivity (Wildman–Crippen MR) is 86.3 cm³/mol. The van der Waals surface area contributed by atoms with Gasteiger partial charge in [-0.2, -0.15) is 0 Å². The minimum atomic E-state index is -0.125. The average molecular weight is 312 g/mol. The number of Topliss-reactive ketones (excluding diaryl/α,β-unsaturated/α-hetero) is 2. The van der Waals surface area contributed by atoms with Crippen molar-refractivity contribution in [2.75, 3.05) is 0 Å². The number of carbonyl (C=O) groups excluding carboxylic acids is 2. The molecule has 2 aromatic rings. The van der Waals surface area contributed by atoms with Crippen molar-refractivity contribution < 1.29 is 9.59 Å². The molecule has 22 heavy (non-hydrogen) atoms. The first kappa shape index (κ1) is 15.9. The van der Waals surface area contributed by atoms with Gasteiger partial charge in [0.15, 0.2) is 11.6 Å². The zero-order valence-electron chi connectivity index (χ0n) is 12.3. The zero-order valence-corrected chi connectivity index (χ0v) is 13.1. The number of benzene rings is 1. The van der Waals surface area contributed by atoms with Gasteiger partial charge in [-0.15, -0.1) is 5.92 Å². The van der Waals surface area contributed by atoms with Gasteiger partial charge in [0.2, 0.25) is 0 Å². The number of ketones is 2. The molecule has 0 atom stereocenters. The van der Waals surface area contributed by atoms with Crippen LogP contribution in [0.4, 0.5) is 0 Å². The molecule has 0 spiro atoms. The fraction of sp³-hybridized carbons (Fsp3) is 0.167. The monoisotopic (exact) mass is 311 g/mol. The van der Waals surface area contributed by atoms with Crippen LogP contribution in [0.3, 0.4) is 0 Å². The molecule has 0 bridgehead atoms. The summed E-state index contributed by atoms with van der Waals surface area (Å²) >= 11 is 5.96. The van der Waals surface area contributed by atoms with Crippen molar-refractivity contribution in [1.82, 2.24) is 4.98 Å². The van der Waals surface area contributed by atoms with Gasteiger partial charge in [-0.3, -0.25) is 14.6 Å². The number of aromatic nitrogens is 1. The van der Waals surface area contributed by atoms with E-state index in [-0.39, 0.29) is 18.0 Å². The van der Waals surface area contributed by atoms with Gasteiger partial charge < -0.3 is 0 Å². The maximum absolute atomic E-state index is 12.2. The Morgan fingerprint density at radius 3 is 2.59 bits per heavy atom. The molecule has 0 aliphatic rings. The van der Waals surface area contributed by atoms with Gasteiger partial charge in [0, 0.05) is 23.7 Å². The molecule has 0 saturated carbocycles. The number of halogens is 1. The van der Waals surface area contributed by atoms with E-state index < -0.39 is 0 Å². The number of pyridine rings is 1. The van der Waals surface area contributed by atoms with Crippen LogP contribution in [0.2, 0.25) is 5.02 Å². The van der Waals surface area contributed by atoms with Crippen LogP contribution in [0, 0.1) is 11.8 Å². The first-order valence-electron chi connectivity index (χ1n) is 6.72. The van der Waals surface area contributed by atoms with Gasteiger partial charge in [0.1, 0.15) is 5.69 Å². The molecule has 110 valence electrons. The second-order valence-electron chi connectivity index (χ2n) is 4.78. The van der Waals surface area contributed by atoms with Crippen LogP contribution in [0.15, 0.2) is 36.5 Å². The highest BCUT2D eigenvalue weighted by Gasteiger charge is 2.12. The Balaban J connectivity index is 2.19. The van der Waals surface area contributed by atoms with Gasteiger partial charge >= 0.3 is 0 Å². The minimum absolute atomic E-state index is 0.118. The van der Waals surface area contributed by atoms with Gasteiger partial charge in [-0.25, -0.2) is 0 Å². The van der Waals surface area contributed by atoms with Crippen molar-refractivity contribution in [1.29, 1.82) is 0 Å². The topological polar surface area (TPSA) is 47.0 Å². The van der Waals surface area contributed by atoms with E-state index in [9.17, 15) is 9.59 Å². The summed E-state index contributed by atoms with van der Waals surface area (Å²) < 4.78 is 0. The first-order chi connectivity index (χ1) is 10.5. The van der Waals surface area contributed by atoms with E-state index in [1.54, 1.807) is 43.5 Å². The Morgan fingerprint density at radius 1 is 1.23 bits per heavy atom. The molecule has 0 amide bonds. The molecule has 0 fully saturated rings. The standard InChI is InChI=1S/C18H14ClNO2/c1-3-4-13-6-8-17(20-11-13)18(22)10-14-5-7-16(19)15(9-14)12(2)21/h5-9,11H,10H2,1-2H3. The van der Waals surface area contributed by atoms with E-state index in [1.807, 2.05) is 0 Å². The second kappa shape index (κ2) is 7.02. The Labute approximate surface area is 134 Å². The van der Waals surface area contributed by atoms with Crippen LogP contribution in [0.25, 0.3) is 0 Å². The van der Waals surface area contributed by atoms with Gasteiger partial charge in [-0.1, -0.05) is 23.6 Å². The Morgan fingerprint density at radius 2 is 2.00 bits per heavy atom. The first-order valence-corrected chi connectivity index (χ1v) is 7.10. The SMILES string of the molecule is CC#Cc1ccc(C(=O)Cc2ccc(Cl)c(C(C)=O)c2)nc1. The zero-order chi connectivity index (χ0) is 16.1. The lowest BCUT2D eigenvalue weighted by Crippen LogP contribution is -2.07. The fourth-order valence-electron chi connectivity index (χ4n) is 2.01. The molecular formula is C18H14ClNO2. The normalized spacial score (nSPS) is 9.77. The maximum Gasteiger partial charge on any atom is 0.185 e. The van der Waals surface area contributed by atoms with E-state index in [4.69, 9.17) is 11.6 Å². The van der Waals surface area contributed by atoms with Crippen molar-refractivity contribution in [3.05, 3.63) is 63.9 Å². The van der Waals surface area contributed by atoms with Crippen LogP contribution in [-0.4, -0.2) is 16.6 Å². The summed E-state index contributed by atoms with van der Waals surface area (Å²) in [5.74, 6) is 5.41. The molecule has 0 aliphatic heterocycles.